The number of anilines is 1. The van der Waals surface area contributed by atoms with E-state index in [0.717, 1.165) is 12.8 Å². The molecular formula is C17H22Cl2N2O3. The fourth-order valence-corrected chi connectivity index (χ4v) is 2.80. The first-order valence-corrected chi connectivity index (χ1v) is 8.65. The summed E-state index contributed by atoms with van der Waals surface area (Å²) < 4.78 is 5.38. The Balaban J connectivity index is 1.97. The molecule has 132 valence electrons. The molecule has 1 aliphatic heterocycles. The summed E-state index contributed by atoms with van der Waals surface area (Å²) >= 11 is 11.8. The number of carbonyl (C=O) groups is 2. The van der Waals surface area contributed by atoms with Crippen LogP contribution < -0.4 is 5.32 Å². The number of amides is 2. The number of ether oxygens (including phenoxy) is 1. The van der Waals surface area contributed by atoms with Crippen LogP contribution in [-0.4, -0.2) is 35.6 Å². The van der Waals surface area contributed by atoms with Crippen molar-refractivity contribution in [3.63, 3.8) is 0 Å². The number of likely N-dealkylation sites (tertiary alicyclic amines) is 1. The van der Waals surface area contributed by atoms with Gasteiger partial charge in [0.15, 0.2) is 0 Å². The maximum Gasteiger partial charge on any atom is 0.410 e. The number of halogens is 2. The molecule has 1 aliphatic rings. The molecule has 0 bridgehead atoms. The quantitative estimate of drug-likeness (QED) is 0.826. The van der Waals surface area contributed by atoms with E-state index in [2.05, 4.69) is 5.32 Å². The van der Waals surface area contributed by atoms with Crippen molar-refractivity contribution in [3.05, 3.63) is 28.2 Å². The second-order valence-corrected chi connectivity index (χ2v) is 7.70. The molecule has 0 saturated carbocycles. The summed E-state index contributed by atoms with van der Waals surface area (Å²) in [5.74, 6) is -0.414. The highest BCUT2D eigenvalue weighted by atomic mass is 35.5. The maximum absolute atomic E-state index is 12.5. The summed E-state index contributed by atoms with van der Waals surface area (Å²) in [6.07, 6.45) is 1.11. The SMILES string of the molecule is CC(C)(C)OC(=O)N1CCCC(C(=O)Nc2ccc(Cl)c(Cl)c2)C1. The van der Waals surface area contributed by atoms with Gasteiger partial charge in [0.05, 0.1) is 16.0 Å². The number of rotatable bonds is 2. The average molecular weight is 373 g/mol. The summed E-state index contributed by atoms with van der Waals surface area (Å²) in [7, 11) is 0. The van der Waals surface area contributed by atoms with Gasteiger partial charge in [0.25, 0.3) is 0 Å². The van der Waals surface area contributed by atoms with Crippen molar-refractivity contribution in [3.8, 4) is 0 Å². The van der Waals surface area contributed by atoms with Crippen LogP contribution in [0.2, 0.25) is 10.0 Å². The molecule has 0 radical (unpaired) electrons. The molecule has 1 heterocycles. The zero-order chi connectivity index (χ0) is 17.9. The van der Waals surface area contributed by atoms with Crippen LogP contribution in [0.25, 0.3) is 0 Å². The molecule has 0 aromatic heterocycles. The Hall–Kier alpha value is -1.46. The fourth-order valence-electron chi connectivity index (χ4n) is 2.50. The van der Waals surface area contributed by atoms with Gasteiger partial charge < -0.3 is 15.0 Å². The molecule has 24 heavy (non-hydrogen) atoms. The number of nitrogens with one attached hydrogen (secondary N) is 1. The van der Waals surface area contributed by atoms with Gasteiger partial charge in [-0.25, -0.2) is 4.79 Å². The number of carbonyl (C=O) groups excluding carboxylic acids is 2. The summed E-state index contributed by atoms with van der Waals surface area (Å²) in [5.41, 5.74) is 0.0376. The molecule has 2 rings (SSSR count). The third kappa shape index (κ3) is 5.28. The first kappa shape index (κ1) is 18.9. The fraction of sp³-hybridized carbons (Fsp3) is 0.529. The van der Waals surface area contributed by atoms with Crippen molar-refractivity contribution < 1.29 is 14.3 Å². The molecule has 1 aromatic carbocycles. The molecule has 7 heteroatoms. The van der Waals surface area contributed by atoms with Crippen LogP contribution in [0.3, 0.4) is 0 Å². The summed E-state index contributed by atoms with van der Waals surface area (Å²) in [6, 6.07) is 4.93. The molecule has 1 atom stereocenters. The highest BCUT2D eigenvalue weighted by Crippen LogP contribution is 2.26. The number of nitrogens with zero attached hydrogens (tertiary/aromatic N) is 1. The van der Waals surface area contributed by atoms with Gasteiger partial charge in [-0.1, -0.05) is 23.2 Å². The highest BCUT2D eigenvalue weighted by molar-refractivity contribution is 6.42. The minimum Gasteiger partial charge on any atom is -0.444 e. The van der Waals surface area contributed by atoms with Gasteiger partial charge in [0, 0.05) is 18.8 Å². The molecule has 1 fully saturated rings. The van der Waals surface area contributed by atoms with Crippen LogP contribution in [0.4, 0.5) is 10.5 Å². The normalized spacial score (nSPS) is 18.2. The van der Waals surface area contributed by atoms with Crippen LogP contribution >= 0.6 is 23.2 Å². The van der Waals surface area contributed by atoms with Crippen molar-refractivity contribution in [1.82, 2.24) is 4.90 Å². The van der Waals surface area contributed by atoms with Crippen molar-refractivity contribution in [2.45, 2.75) is 39.2 Å². The van der Waals surface area contributed by atoms with Gasteiger partial charge in [-0.3, -0.25) is 4.79 Å². The second-order valence-electron chi connectivity index (χ2n) is 6.88. The van der Waals surface area contributed by atoms with Gasteiger partial charge in [-0.05, 0) is 51.8 Å². The van der Waals surface area contributed by atoms with Crippen LogP contribution in [0.1, 0.15) is 33.6 Å². The van der Waals surface area contributed by atoms with Crippen LogP contribution in [0.15, 0.2) is 18.2 Å². The highest BCUT2D eigenvalue weighted by Gasteiger charge is 2.31. The Labute approximate surface area is 152 Å². The lowest BCUT2D eigenvalue weighted by Crippen LogP contribution is -2.45. The molecule has 2 amide bonds. The van der Waals surface area contributed by atoms with Gasteiger partial charge in [-0.15, -0.1) is 0 Å². The topological polar surface area (TPSA) is 58.6 Å². The predicted molar refractivity (Wildman–Crippen MR) is 95.6 cm³/mol. The lowest BCUT2D eigenvalue weighted by molar-refractivity contribution is -0.121. The molecule has 1 N–H and O–H groups in total. The zero-order valence-corrected chi connectivity index (χ0v) is 15.6. The Morgan fingerprint density at radius 1 is 1.25 bits per heavy atom. The number of hydrogen-bond donors (Lipinski definition) is 1. The number of benzene rings is 1. The van der Waals surface area contributed by atoms with E-state index in [4.69, 9.17) is 27.9 Å². The van der Waals surface area contributed by atoms with E-state index in [1.165, 1.54) is 0 Å². The number of hydrogen-bond acceptors (Lipinski definition) is 3. The largest absolute Gasteiger partial charge is 0.444 e. The molecule has 0 aliphatic carbocycles. The first-order chi connectivity index (χ1) is 11.2. The van der Waals surface area contributed by atoms with Crippen LogP contribution in [0, 0.1) is 5.92 Å². The summed E-state index contributed by atoms with van der Waals surface area (Å²) in [6.45, 7) is 6.42. The lowest BCUT2D eigenvalue weighted by Gasteiger charge is -2.33. The van der Waals surface area contributed by atoms with Gasteiger partial charge in [0.2, 0.25) is 5.91 Å². The van der Waals surface area contributed by atoms with Crippen LogP contribution in [0.5, 0.6) is 0 Å². The summed E-state index contributed by atoms with van der Waals surface area (Å²) in [4.78, 5) is 26.2. The molecule has 1 saturated heterocycles. The van der Waals surface area contributed by atoms with Gasteiger partial charge in [0.1, 0.15) is 5.60 Å². The van der Waals surface area contributed by atoms with Crippen molar-refractivity contribution >= 4 is 40.9 Å². The standard InChI is InChI=1S/C17H22Cl2N2O3/c1-17(2,3)24-16(23)21-8-4-5-11(10-21)15(22)20-12-6-7-13(18)14(19)9-12/h6-7,9,11H,4-5,8,10H2,1-3H3,(H,20,22). The molecule has 1 aromatic rings. The van der Waals surface area contributed by atoms with E-state index >= 15 is 0 Å². The van der Waals surface area contributed by atoms with Crippen molar-refractivity contribution in [1.29, 1.82) is 0 Å². The third-order valence-electron chi connectivity index (χ3n) is 3.63. The Morgan fingerprint density at radius 3 is 2.58 bits per heavy atom. The minimum absolute atomic E-state index is 0.137. The van der Waals surface area contributed by atoms with E-state index in [0.29, 0.717) is 28.8 Å². The number of piperidine rings is 1. The van der Waals surface area contributed by atoms with E-state index in [1.54, 1.807) is 23.1 Å². The monoisotopic (exact) mass is 372 g/mol. The third-order valence-corrected chi connectivity index (χ3v) is 4.37. The Kier molecular flexibility index (Phi) is 5.99. The Morgan fingerprint density at radius 2 is 1.96 bits per heavy atom. The Bertz CT molecular complexity index is 629. The van der Waals surface area contributed by atoms with E-state index in [9.17, 15) is 9.59 Å². The zero-order valence-electron chi connectivity index (χ0n) is 14.1. The van der Waals surface area contributed by atoms with Crippen molar-refractivity contribution in [2.75, 3.05) is 18.4 Å². The predicted octanol–water partition coefficient (Wildman–Crippen LogP) is 4.58. The average Bonchev–Trinajstić information content (AvgIpc) is 2.49. The molecule has 5 nitrogen and oxygen atoms in total. The molecular weight excluding hydrogens is 351 g/mol. The maximum atomic E-state index is 12.5. The van der Waals surface area contributed by atoms with Gasteiger partial charge >= 0.3 is 6.09 Å². The van der Waals surface area contributed by atoms with Crippen molar-refractivity contribution in [2.24, 2.45) is 5.92 Å². The lowest BCUT2D eigenvalue weighted by atomic mass is 9.97. The van der Waals surface area contributed by atoms with E-state index in [1.807, 2.05) is 20.8 Å². The van der Waals surface area contributed by atoms with Crippen LogP contribution in [-0.2, 0) is 9.53 Å². The first-order valence-electron chi connectivity index (χ1n) is 7.89. The van der Waals surface area contributed by atoms with Gasteiger partial charge in [-0.2, -0.15) is 0 Å². The minimum atomic E-state index is -0.549. The smallest absolute Gasteiger partial charge is 0.410 e. The molecule has 0 spiro atoms. The van der Waals surface area contributed by atoms with E-state index in [-0.39, 0.29) is 17.9 Å². The molecule has 1 unspecified atom stereocenters. The van der Waals surface area contributed by atoms with E-state index < -0.39 is 5.60 Å². The summed E-state index contributed by atoms with van der Waals surface area (Å²) in [5, 5.41) is 3.64. The second kappa shape index (κ2) is 7.62.